The van der Waals surface area contributed by atoms with Crippen molar-refractivity contribution in [1.29, 1.82) is 0 Å². The van der Waals surface area contributed by atoms with E-state index < -0.39 is 58.6 Å². The van der Waals surface area contributed by atoms with Crippen LogP contribution in [0, 0.1) is 22.7 Å². The number of allylic oxidation sites excluding steroid dienone is 1. The maximum Gasteiger partial charge on any atom is 0.336 e. The van der Waals surface area contributed by atoms with Crippen molar-refractivity contribution in [3.05, 3.63) is 22.9 Å². The van der Waals surface area contributed by atoms with Crippen LogP contribution in [0.4, 0.5) is 0 Å². The number of aliphatic hydroxyl groups is 1. The summed E-state index contributed by atoms with van der Waals surface area (Å²) in [6.07, 6.45) is 0.505. The molecule has 5 rings (SSSR count). The van der Waals surface area contributed by atoms with Gasteiger partial charge in [-0.15, -0.1) is 0 Å². The molecule has 0 amide bonds. The van der Waals surface area contributed by atoms with Gasteiger partial charge in [0.05, 0.1) is 37.4 Å². The molecule has 3 aliphatic carbocycles. The molecule has 1 N–H and O–H groups in total. The molecule has 10 nitrogen and oxygen atoms in total. The van der Waals surface area contributed by atoms with Crippen molar-refractivity contribution in [2.24, 2.45) is 22.7 Å². The number of aliphatic hydroxyl groups excluding tert-OH is 1. The Balaban J connectivity index is 1.73. The number of Topliss-reactive ketones (excluding diaryl/α,β-unsaturated/α-hetero) is 2. The molecule has 10 heteroatoms. The molecule has 0 aromatic heterocycles. The number of morpholine rings is 1. The number of hydrogen-bond acceptors (Lipinski definition) is 10. The molecular formula is C27H35NO9. The Labute approximate surface area is 215 Å². The molecule has 0 aromatic carbocycles. The number of methoxy groups -OCH3 is 1. The van der Waals surface area contributed by atoms with E-state index in [9.17, 15) is 24.3 Å². The second kappa shape index (κ2) is 9.32. The van der Waals surface area contributed by atoms with Crippen molar-refractivity contribution in [2.75, 3.05) is 40.0 Å². The van der Waals surface area contributed by atoms with Crippen LogP contribution in [0.3, 0.4) is 0 Å². The summed E-state index contributed by atoms with van der Waals surface area (Å²) in [4.78, 5) is 55.4. The molecule has 2 heterocycles. The third kappa shape index (κ3) is 3.87. The van der Waals surface area contributed by atoms with Crippen molar-refractivity contribution in [3.63, 3.8) is 0 Å². The summed E-state index contributed by atoms with van der Waals surface area (Å²) in [6, 6.07) is 0. The minimum absolute atomic E-state index is 0.000818. The monoisotopic (exact) mass is 517 g/mol. The van der Waals surface area contributed by atoms with Crippen LogP contribution in [0.1, 0.15) is 40.0 Å². The van der Waals surface area contributed by atoms with Crippen LogP contribution in [0.5, 0.6) is 0 Å². The van der Waals surface area contributed by atoms with Gasteiger partial charge in [0, 0.05) is 49.7 Å². The lowest BCUT2D eigenvalue weighted by atomic mass is 9.50. The lowest BCUT2D eigenvalue weighted by Gasteiger charge is -2.56. The van der Waals surface area contributed by atoms with Gasteiger partial charge in [-0.1, -0.05) is 13.8 Å². The molecular weight excluding hydrogens is 482 g/mol. The molecule has 202 valence electrons. The Kier molecular flexibility index (Phi) is 6.57. The van der Waals surface area contributed by atoms with Gasteiger partial charge in [0.15, 0.2) is 0 Å². The van der Waals surface area contributed by atoms with Crippen molar-refractivity contribution in [3.8, 4) is 0 Å². The van der Waals surface area contributed by atoms with Crippen LogP contribution < -0.4 is 0 Å². The molecule has 0 bridgehead atoms. The van der Waals surface area contributed by atoms with Crippen LogP contribution in [0.15, 0.2) is 22.9 Å². The van der Waals surface area contributed by atoms with Crippen LogP contribution in [0.2, 0.25) is 0 Å². The first kappa shape index (κ1) is 26.1. The fourth-order valence-electron chi connectivity index (χ4n) is 7.39. The van der Waals surface area contributed by atoms with Crippen molar-refractivity contribution in [1.82, 2.24) is 4.90 Å². The minimum Gasteiger partial charge on any atom is -0.458 e. The zero-order chi connectivity index (χ0) is 26.7. The molecule has 7 atom stereocenters. The number of hydrogen-bond donors (Lipinski definition) is 1. The summed E-state index contributed by atoms with van der Waals surface area (Å²) in [7, 11) is 1.48. The number of ketones is 2. The number of esters is 2. The van der Waals surface area contributed by atoms with Gasteiger partial charge in [-0.3, -0.25) is 14.4 Å². The second-order valence-corrected chi connectivity index (χ2v) is 11.3. The largest absolute Gasteiger partial charge is 0.458 e. The number of nitrogens with zero attached hydrogens (tertiary/aromatic N) is 1. The number of ether oxygens (including phenoxy) is 4. The first-order valence-electron chi connectivity index (χ1n) is 13.0. The van der Waals surface area contributed by atoms with Crippen LogP contribution in [0.25, 0.3) is 0 Å². The summed E-state index contributed by atoms with van der Waals surface area (Å²) in [5.41, 5.74) is -0.964. The Hall–Kier alpha value is -2.56. The van der Waals surface area contributed by atoms with E-state index in [0.29, 0.717) is 56.7 Å². The van der Waals surface area contributed by atoms with Crippen LogP contribution >= 0.6 is 0 Å². The minimum atomic E-state index is -1.18. The van der Waals surface area contributed by atoms with Gasteiger partial charge in [-0.05, 0) is 30.8 Å². The first-order chi connectivity index (χ1) is 17.5. The predicted molar refractivity (Wildman–Crippen MR) is 128 cm³/mol. The molecule has 0 aromatic rings. The summed E-state index contributed by atoms with van der Waals surface area (Å²) in [5.74, 6) is -4.02. The molecule has 1 saturated carbocycles. The number of cyclic esters (lactones) is 1. The SMILES string of the molecule is COC[C@H]1OC(=O)/C(=C/N2CCOCC2)C2C(=O)C(=O)C3=C([C@H](OC(C)=O)C[C@@]4(C)C3CC[C@@H]4O)[C@]21C. The van der Waals surface area contributed by atoms with E-state index in [1.165, 1.54) is 14.0 Å². The van der Waals surface area contributed by atoms with E-state index in [4.69, 9.17) is 18.9 Å². The normalized spacial score (nSPS) is 40.8. The number of fused-ring (bicyclic) bond motifs is 4. The number of carbonyl (C=O) groups excluding carboxylic acids is 4. The smallest absolute Gasteiger partial charge is 0.336 e. The Morgan fingerprint density at radius 1 is 1.19 bits per heavy atom. The molecule has 0 radical (unpaired) electrons. The zero-order valence-electron chi connectivity index (χ0n) is 21.8. The van der Waals surface area contributed by atoms with Gasteiger partial charge < -0.3 is 29.0 Å². The van der Waals surface area contributed by atoms with E-state index in [2.05, 4.69) is 0 Å². The molecule has 37 heavy (non-hydrogen) atoms. The fraction of sp³-hybridized carbons (Fsp3) is 0.704. The highest BCUT2D eigenvalue weighted by Gasteiger charge is 2.67. The molecule has 2 unspecified atom stereocenters. The lowest BCUT2D eigenvalue weighted by molar-refractivity contribution is -0.175. The Morgan fingerprint density at radius 2 is 1.89 bits per heavy atom. The average molecular weight is 518 g/mol. The van der Waals surface area contributed by atoms with Gasteiger partial charge in [0.1, 0.15) is 12.2 Å². The zero-order valence-corrected chi connectivity index (χ0v) is 21.8. The van der Waals surface area contributed by atoms with Gasteiger partial charge in [-0.2, -0.15) is 0 Å². The maximum absolute atomic E-state index is 14.0. The van der Waals surface area contributed by atoms with E-state index >= 15 is 0 Å². The summed E-state index contributed by atoms with van der Waals surface area (Å²) in [6.45, 7) is 7.02. The number of rotatable bonds is 4. The Bertz CT molecular complexity index is 1090. The van der Waals surface area contributed by atoms with E-state index in [1.54, 1.807) is 6.20 Å². The average Bonchev–Trinajstić information content (AvgIpc) is 3.14. The third-order valence-corrected chi connectivity index (χ3v) is 9.24. The van der Waals surface area contributed by atoms with Gasteiger partial charge in [-0.25, -0.2) is 4.79 Å². The van der Waals surface area contributed by atoms with Gasteiger partial charge in [0.25, 0.3) is 0 Å². The molecule has 0 spiro atoms. The molecule has 3 fully saturated rings. The highest BCUT2D eigenvalue weighted by molar-refractivity contribution is 6.47. The van der Waals surface area contributed by atoms with Crippen molar-refractivity contribution in [2.45, 2.75) is 58.3 Å². The van der Waals surface area contributed by atoms with E-state index in [1.807, 2.05) is 18.7 Å². The second-order valence-electron chi connectivity index (χ2n) is 11.3. The highest BCUT2D eigenvalue weighted by atomic mass is 16.6. The maximum atomic E-state index is 14.0. The topological polar surface area (TPSA) is 129 Å². The molecule has 5 aliphatic rings. The van der Waals surface area contributed by atoms with Crippen molar-refractivity contribution >= 4 is 23.5 Å². The van der Waals surface area contributed by atoms with E-state index in [-0.39, 0.29) is 18.1 Å². The number of carbonyl (C=O) groups is 4. The van der Waals surface area contributed by atoms with Crippen LogP contribution in [-0.2, 0) is 38.1 Å². The summed E-state index contributed by atoms with van der Waals surface area (Å²) >= 11 is 0. The van der Waals surface area contributed by atoms with Crippen molar-refractivity contribution < 1.29 is 43.2 Å². The lowest BCUT2D eigenvalue weighted by Crippen LogP contribution is -2.63. The predicted octanol–water partition coefficient (Wildman–Crippen LogP) is 0.958. The van der Waals surface area contributed by atoms with Gasteiger partial charge >= 0.3 is 11.9 Å². The first-order valence-corrected chi connectivity index (χ1v) is 13.0. The summed E-state index contributed by atoms with van der Waals surface area (Å²) < 4.78 is 22.6. The molecule has 2 saturated heterocycles. The standard InChI is InChI=1S/C27H35NO9/c1-14(29)36-17-11-26(2)16(5-6-18(26)30)20-22(17)27(3)19(13-34-4)37-25(33)15(21(27)24(32)23(20)31)12-28-7-9-35-10-8-28/h12,16-19,21,30H,5-11,13H2,1-4H3/b15-12+/t16?,17-,18+,19-,21?,26+,27+/m1/s1. The van der Waals surface area contributed by atoms with Crippen LogP contribution in [-0.4, -0.2) is 91.8 Å². The van der Waals surface area contributed by atoms with Gasteiger partial charge in [0.2, 0.25) is 11.6 Å². The summed E-state index contributed by atoms with van der Waals surface area (Å²) in [5, 5.41) is 10.9. The fourth-order valence-corrected chi connectivity index (χ4v) is 7.39. The Morgan fingerprint density at radius 3 is 2.54 bits per heavy atom. The quantitative estimate of drug-likeness (QED) is 0.327. The molecule has 2 aliphatic heterocycles. The third-order valence-electron chi connectivity index (χ3n) is 9.24. The van der Waals surface area contributed by atoms with E-state index in [0.717, 1.165) is 0 Å². The highest BCUT2D eigenvalue weighted by Crippen LogP contribution is 2.63.